The zero-order chi connectivity index (χ0) is 13.7. The number of likely N-dealkylation sites (N-methyl/N-ethyl adjacent to an activating group) is 1. The van der Waals surface area contributed by atoms with E-state index in [1.807, 2.05) is 11.9 Å². The summed E-state index contributed by atoms with van der Waals surface area (Å²) in [5.74, 6) is 0.245. The molecule has 0 aromatic heterocycles. The van der Waals surface area contributed by atoms with Crippen LogP contribution in [0.25, 0.3) is 0 Å². The molecule has 2 saturated heterocycles. The Kier molecular flexibility index (Phi) is 5.60. The highest BCUT2D eigenvalue weighted by atomic mass is 16.2. The molecule has 0 bridgehead atoms. The van der Waals surface area contributed by atoms with Crippen LogP contribution in [-0.2, 0) is 4.79 Å². The van der Waals surface area contributed by atoms with Crippen LogP contribution in [0.5, 0.6) is 0 Å². The number of nitrogens with zero attached hydrogens (tertiary/aromatic N) is 3. The van der Waals surface area contributed by atoms with E-state index in [-0.39, 0.29) is 5.91 Å². The van der Waals surface area contributed by atoms with Gasteiger partial charge in [-0.15, -0.1) is 0 Å². The van der Waals surface area contributed by atoms with Gasteiger partial charge in [0.2, 0.25) is 5.91 Å². The molecular formula is C14H28N4O. The van der Waals surface area contributed by atoms with E-state index in [9.17, 15) is 4.79 Å². The molecular weight excluding hydrogens is 240 g/mol. The van der Waals surface area contributed by atoms with E-state index in [1.54, 1.807) is 0 Å². The van der Waals surface area contributed by atoms with Crippen molar-refractivity contribution >= 4 is 5.91 Å². The third kappa shape index (κ3) is 4.75. The molecule has 2 rings (SSSR count). The first kappa shape index (κ1) is 14.8. The molecule has 1 amide bonds. The van der Waals surface area contributed by atoms with Crippen molar-refractivity contribution in [1.82, 2.24) is 14.7 Å². The van der Waals surface area contributed by atoms with Crippen LogP contribution in [0, 0.1) is 0 Å². The second-order valence-electron chi connectivity index (χ2n) is 5.98. The molecule has 0 aliphatic carbocycles. The van der Waals surface area contributed by atoms with Crippen LogP contribution < -0.4 is 5.73 Å². The number of hydrogen-bond donors (Lipinski definition) is 1. The minimum absolute atomic E-state index is 0.245. The maximum atomic E-state index is 12.1. The molecule has 19 heavy (non-hydrogen) atoms. The van der Waals surface area contributed by atoms with Gasteiger partial charge in [-0.1, -0.05) is 0 Å². The molecule has 0 unspecified atom stereocenters. The lowest BCUT2D eigenvalue weighted by Gasteiger charge is -2.31. The molecule has 2 aliphatic heterocycles. The topological polar surface area (TPSA) is 52.8 Å². The molecule has 0 atom stereocenters. The van der Waals surface area contributed by atoms with Gasteiger partial charge in [0, 0.05) is 39.3 Å². The summed E-state index contributed by atoms with van der Waals surface area (Å²) in [6.07, 6.45) is 4.66. The quantitative estimate of drug-likeness (QED) is 0.760. The van der Waals surface area contributed by atoms with Gasteiger partial charge in [0.25, 0.3) is 0 Å². The maximum Gasteiger partial charge on any atom is 0.236 e. The number of rotatable bonds is 5. The summed E-state index contributed by atoms with van der Waals surface area (Å²) < 4.78 is 0. The molecule has 0 aromatic carbocycles. The number of piperidine rings is 1. The highest BCUT2D eigenvalue weighted by Gasteiger charge is 2.20. The summed E-state index contributed by atoms with van der Waals surface area (Å²) in [7, 11) is 1.92. The van der Waals surface area contributed by atoms with E-state index in [2.05, 4.69) is 9.80 Å². The molecule has 2 aliphatic rings. The van der Waals surface area contributed by atoms with Crippen molar-refractivity contribution in [3.63, 3.8) is 0 Å². The van der Waals surface area contributed by atoms with Crippen molar-refractivity contribution in [3.8, 4) is 0 Å². The van der Waals surface area contributed by atoms with Gasteiger partial charge in [0.1, 0.15) is 0 Å². The van der Waals surface area contributed by atoms with Crippen LogP contribution >= 0.6 is 0 Å². The van der Waals surface area contributed by atoms with Crippen molar-refractivity contribution in [1.29, 1.82) is 0 Å². The first-order chi connectivity index (χ1) is 9.15. The van der Waals surface area contributed by atoms with Gasteiger partial charge in [-0.3, -0.25) is 9.69 Å². The third-order valence-electron chi connectivity index (χ3n) is 4.37. The Balaban J connectivity index is 1.64. The number of nitrogens with two attached hydrogens (primary N) is 1. The Morgan fingerprint density at radius 3 is 2.42 bits per heavy atom. The summed E-state index contributed by atoms with van der Waals surface area (Å²) in [6, 6.07) is 0.333. The summed E-state index contributed by atoms with van der Waals surface area (Å²) >= 11 is 0. The molecule has 0 spiro atoms. The van der Waals surface area contributed by atoms with Crippen LogP contribution in [0.4, 0.5) is 0 Å². The second kappa shape index (κ2) is 7.22. The smallest absolute Gasteiger partial charge is 0.236 e. The summed E-state index contributed by atoms with van der Waals surface area (Å²) in [4.78, 5) is 18.7. The minimum atomic E-state index is 0.245. The number of likely N-dealkylation sites (tertiary alicyclic amines) is 2. The van der Waals surface area contributed by atoms with E-state index >= 15 is 0 Å². The Hall–Kier alpha value is -0.650. The lowest BCUT2D eigenvalue weighted by molar-refractivity contribution is -0.131. The van der Waals surface area contributed by atoms with Crippen LogP contribution in [0.2, 0.25) is 0 Å². The van der Waals surface area contributed by atoms with Gasteiger partial charge < -0.3 is 15.5 Å². The fourth-order valence-corrected chi connectivity index (χ4v) is 2.85. The number of carbonyl (C=O) groups excluding carboxylic acids is 1. The average Bonchev–Trinajstić information content (AvgIpc) is 2.91. The third-order valence-corrected chi connectivity index (χ3v) is 4.37. The molecule has 0 aromatic rings. The molecule has 0 saturated carbocycles. The monoisotopic (exact) mass is 268 g/mol. The highest BCUT2D eigenvalue weighted by Crippen LogP contribution is 2.09. The zero-order valence-electron chi connectivity index (χ0n) is 12.2. The molecule has 5 nitrogen and oxygen atoms in total. The van der Waals surface area contributed by atoms with Gasteiger partial charge in [0.15, 0.2) is 0 Å². The van der Waals surface area contributed by atoms with Gasteiger partial charge in [0.05, 0.1) is 6.54 Å². The van der Waals surface area contributed by atoms with Gasteiger partial charge >= 0.3 is 0 Å². The van der Waals surface area contributed by atoms with E-state index < -0.39 is 0 Å². The number of hydrogen-bond acceptors (Lipinski definition) is 4. The van der Waals surface area contributed by atoms with E-state index in [0.717, 1.165) is 39.0 Å². The van der Waals surface area contributed by atoms with Gasteiger partial charge in [-0.05, 0) is 38.8 Å². The second-order valence-corrected chi connectivity index (χ2v) is 5.98. The van der Waals surface area contributed by atoms with Crippen molar-refractivity contribution < 1.29 is 4.79 Å². The molecule has 5 heteroatoms. The van der Waals surface area contributed by atoms with Gasteiger partial charge in [-0.25, -0.2) is 0 Å². The van der Waals surface area contributed by atoms with E-state index in [1.165, 1.54) is 25.9 Å². The largest absolute Gasteiger partial charge is 0.343 e. The number of amides is 1. The average molecular weight is 268 g/mol. The van der Waals surface area contributed by atoms with Crippen molar-refractivity contribution in [2.75, 3.05) is 52.9 Å². The van der Waals surface area contributed by atoms with Crippen molar-refractivity contribution in [3.05, 3.63) is 0 Å². The number of carbonyl (C=O) groups is 1. The molecule has 110 valence electrons. The highest BCUT2D eigenvalue weighted by molar-refractivity contribution is 5.78. The Bertz CT molecular complexity index is 283. The van der Waals surface area contributed by atoms with Crippen LogP contribution in [-0.4, -0.2) is 79.5 Å². The van der Waals surface area contributed by atoms with Crippen LogP contribution in [0.15, 0.2) is 0 Å². The predicted molar refractivity (Wildman–Crippen MR) is 77.0 cm³/mol. The van der Waals surface area contributed by atoms with Crippen molar-refractivity contribution in [2.24, 2.45) is 5.73 Å². The van der Waals surface area contributed by atoms with Crippen LogP contribution in [0.1, 0.15) is 25.7 Å². The van der Waals surface area contributed by atoms with Crippen molar-refractivity contribution in [2.45, 2.75) is 31.7 Å². The van der Waals surface area contributed by atoms with E-state index in [0.29, 0.717) is 12.6 Å². The summed E-state index contributed by atoms with van der Waals surface area (Å²) in [6.45, 7) is 6.76. The summed E-state index contributed by atoms with van der Waals surface area (Å²) in [5, 5.41) is 0. The fourth-order valence-electron chi connectivity index (χ4n) is 2.85. The summed E-state index contributed by atoms with van der Waals surface area (Å²) in [5.41, 5.74) is 5.88. The van der Waals surface area contributed by atoms with Gasteiger partial charge in [-0.2, -0.15) is 0 Å². The Morgan fingerprint density at radius 1 is 1.16 bits per heavy atom. The predicted octanol–water partition coefficient (Wildman–Crippen LogP) is -0.0363. The standard InChI is InChI=1S/C14H28N4O/c1-16(10-11-17-6-2-3-7-17)14(19)12-18-8-4-13(15)5-9-18/h13H,2-12,15H2,1H3. The molecule has 2 N–H and O–H groups in total. The minimum Gasteiger partial charge on any atom is -0.343 e. The van der Waals surface area contributed by atoms with E-state index in [4.69, 9.17) is 5.73 Å². The zero-order valence-corrected chi connectivity index (χ0v) is 12.2. The van der Waals surface area contributed by atoms with Crippen LogP contribution in [0.3, 0.4) is 0 Å². The Morgan fingerprint density at radius 2 is 1.79 bits per heavy atom. The fraction of sp³-hybridized carbons (Fsp3) is 0.929. The first-order valence-corrected chi connectivity index (χ1v) is 7.59. The lowest BCUT2D eigenvalue weighted by atomic mass is 10.1. The maximum absolute atomic E-state index is 12.1. The first-order valence-electron chi connectivity index (χ1n) is 7.59. The molecule has 0 radical (unpaired) electrons. The molecule has 2 heterocycles. The normalized spacial score (nSPS) is 22.8. The Labute approximate surface area is 116 Å². The lowest BCUT2D eigenvalue weighted by Crippen LogP contribution is -2.46. The SMILES string of the molecule is CN(CCN1CCCC1)C(=O)CN1CCC(N)CC1. The molecule has 2 fully saturated rings.